The van der Waals surface area contributed by atoms with E-state index in [1.165, 1.54) is 12.0 Å². The molecule has 0 bridgehead atoms. The second kappa shape index (κ2) is 11.4. The van der Waals surface area contributed by atoms with Gasteiger partial charge in [-0.25, -0.2) is 4.98 Å². The van der Waals surface area contributed by atoms with E-state index >= 15 is 0 Å². The highest BCUT2D eigenvalue weighted by atomic mass is 35.5. The number of hydrogen-bond acceptors (Lipinski definition) is 7. The summed E-state index contributed by atoms with van der Waals surface area (Å²) in [7, 11) is 2.97. The summed E-state index contributed by atoms with van der Waals surface area (Å²) in [6, 6.07) is 4.86. The van der Waals surface area contributed by atoms with Crippen LogP contribution in [0.5, 0.6) is 0 Å². The van der Waals surface area contributed by atoms with E-state index in [0.717, 1.165) is 5.69 Å². The molecule has 11 heteroatoms. The molecule has 4 N–H and O–H groups in total. The topological polar surface area (TPSA) is 143 Å². The number of nitrogens with zero attached hydrogens (tertiary/aromatic N) is 2. The number of nitrogen functional groups attached to an aromatic ring is 1. The van der Waals surface area contributed by atoms with Gasteiger partial charge >= 0.3 is 5.97 Å². The highest BCUT2D eigenvalue weighted by Crippen LogP contribution is 2.32. The number of esters is 1. The van der Waals surface area contributed by atoms with Crippen molar-refractivity contribution in [3.8, 4) is 11.3 Å². The SMILES string of the molecule is COC(=O)Cc1cc(-c2[nH]c(C)nc2COC[C@@H](C)N(C)C(=O)c2cc(C)[nH]c2C=O)cc(Cl)c1N. The second-order valence-electron chi connectivity index (χ2n) is 8.61. The number of ether oxygens (including phenoxy) is 2. The van der Waals surface area contributed by atoms with Crippen molar-refractivity contribution >= 4 is 35.5 Å². The molecule has 0 saturated carbocycles. The minimum atomic E-state index is -0.429. The van der Waals surface area contributed by atoms with Crippen LogP contribution in [0.25, 0.3) is 11.3 Å². The zero-order valence-corrected chi connectivity index (χ0v) is 21.7. The van der Waals surface area contributed by atoms with Gasteiger partial charge in [-0.1, -0.05) is 11.6 Å². The molecular weight excluding hydrogens is 486 g/mol. The summed E-state index contributed by atoms with van der Waals surface area (Å²) in [6.07, 6.45) is 0.621. The van der Waals surface area contributed by atoms with Crippen molar-refractivity contribution in [2.75, 3.05) is 26.5 Å². The van der Waals surface area contributed by atoms with Gasteiger partial charge in [0.1, 0.15) is 5.82 Å². The van der Waals surface area contributed by atoms with Gasteiger partial charge in [0.05, 0.1) is 66.1 Å². The molecule has 0 aliphatic rings. The molecule has 0 saturated heterocycles. The fraction of sp³-hybridized carbons (Fsp3) is 0.360. The minimum absolute atomic E-state index is 0.0147. The standard InChI is InChI=1S/C25H30ClN5O5/c1-13-6-18(20(10-32)28-13)25(34)31(4)14(2)11-36-12-21-24(30-15(3)29-21)17-7-16(9-22(33)35-5)23(27)19(26)8-17/h6-8,10,14,28H,9,11-12,27H2,1-5H3,(H,29,30)/t14-/m1/s1. The fourth-order valence-electron chi connectivity index (χ4n) is 3.78. The number of rotatable bonds is 10. The van der Waals surface area contributed by atoms with E-state index in [0.29, 0.717) is 50.9 Å². The maximum Gasteiger partial charge on any atom is 0.310 e. The molecule has 0 unspecified atom stereocenters. The number of H-pyrrole nitrogens is 2. The Morgan fingerprint density at radius 1 is 1.25 bits per heavy atom. The highest BCUT2D eigenvalue weighted by Gasteiger charge is 2.22. The Bertz CT molecular complexity index is 1280. The Morgan fingerprint density at radius 3 is 2.64 bits per heavy atom. The van der Waals surface area contributed by atoms with Crippen molar-refractivity contribution in [3.63, 3.8) is 0 Å². The third-order valence-electron chi connectivity index (χ3n) is 5.87. The van der Waals surface area contributed by atoms with Crippen LogP contribution >= 0.6 is 11.6 Å². The van der Waals surface area contributed by atoms with E-state index in [2.05, 4.69) is 15.0 Å². The van der Waals surface area contributed by atoms with Crippen LogP contribution in [0.2, 0.25) is 5.02 Å². The maximum atomic E-state index is 12.9. The van der Waals surface area contributed by atoms with Crippen LogP contribution in [0.15, 0.2) is 18.2 Å². The first-order valence-corrected chi connectivity index (χ1v) is 11.6. The lowest BCUT2D eigenvalue weighted by atomic mass is 10.0. The largest absolute Gasteiger partial charge is 0.469 e. The Hall–Kier alpha value is -3.63. The van der Waals surface area contributed by atoms with Crippen LogP contribution in [-0.2, 0) is 27.3 Å². The normalized spacial score (nSPS) is 11.8. The molecule has 3 rings (SSSR count). The van der Waals surface area contributed by atoms with Gasteiger partial charge < -0.3 is 30.1 Å². The molecule has 2 heterocycles. The zero-order valence-electron chi connectivity index (χ0n) is 20.9. The molecule has 1 atom stereocenters. The quantitative estimate of drug-likeness (QED) is 0.213. The maximum absolute atomic E-state index is 12.9. The summed E-state index contributed by atoms with van der Waals surface area (Å²) in [5, 5.41) is 0.314. The Kier molecular flexibility index (Phi) is 8.54. The van der Waals surface area contributed by atoms with Crippen molar-refractivity contribution < 1.29 is 23.9 Å². The first-order valence-electron chi connectivity index (χ1n) is 11.3. The number of hydrogen-bond donors (Lipinski definition) is 3. The van der Waals surface area contributed by atoms with Gasteiger partial charge in [0.15, 0.2) is 6.29 Å². The smallest absolute Gasteiger partial charge is 0.310 e. The van der Waals surface area contributed by atoms with E-state index in [4.69, 9.17) is 26.8 Å². The van der Waals surface area contributed by atoms with Crippen molar-refractivity contribution in [1.82, 2.24) is 19.9 Å². The predicted molar refractivity (Wildman–Crippen MR) is 136 cm³/mol. The van der Waals surface area contributed by atoms with E-state index in [1.807, 2.05) is 13.8 Å². The van der Waals surface area contributed by atoms with Gasteiger partial charge in [0.25, 0.3) is 5.91 Å². The van der Waals surface area contributed by atoms with Crippen LogP contribution < -0.4 is 5.73 Å². The summed E-state index contributed by atoms with van der Waals surface area (Å²) in [6.45, 7) is 5.87. The summed E-state index contributed by atoms with van der Waals surface area (Å²) < 4.78 is 10.7. The van der Waals surface area contributed by atoms with Crippen molar-refractivity contribution in [3.05, 3.63) is 57.3 Å². The Labute approximate surface area is 214 Å². The molecule has 2 aromatic heterocycles. The molecule has 1 amide bonds. The number of anilines is 1. The number of aromatic nitrogens is 3. The summed E-state index contributed by atoms with van der Waals surface area (Å²) >= 11 is 6.33. The van der Waals surface area contributed by atoms with Crippen LogP contribution in [0.1, 0.15) is 50.5 Å². The van der Waals surface area contributed by atoms with Crippen molar-refractivity contribution in [2.24, 2.45) is 0 Å². The third-order valence-corrected chi connectivity index (χ3v) is 6.19. The van der Waals surface area contributed by atoms with Gasteiger partial charge in [0, 0.05) is 18.3 Å². The molecule has 3 aromatic rings. The third kappa shape index (κ3) is 5.95. The van der Waals surface area contributed by atoms with E-state index in [9.17, 15) is 14.4 Å². The average Bonchev–Trinajstić information content (AvgIpc) is 3.42. The average molecular weight is 516 g/mol. The molecule has 1 aromatic carbocycles. The van der Waals surface area contributed by atoms with E-state index < -0.39 is 5.97 Å². The fourth-order valence-corrected chi connectivity index (χ4v) is 4.02. The Balaban J connectivity index is 1.72. The number of carbonyl (C=O) groups is 3. The summed E-state index contributed by atoms with van der Waals surface area (Å²) in [5.41, 5.74) is 10.3. The van der Waals surface area contributed by atoms with Gasteiger partial charge in [-0.15, -0.1) is 0 Å². The first-order chi connectivity index (χ1) is 17.0. The number of carbonyl (C=O) groups excluding carboxylic acids is 3. The van der Waals surface area contributed by atoms with Crippen molar-refractivity contribution in [1.29, 1.82) is 0 Å². The molecule has 36 heavy (non-hydrogen) atoms. The number of benzene rings is 1. The molecule has 0 aliphatic heterocycles. The van der Waals surface area contributed by atoms with Gasteiger partial charge in [0.2, 0.25) is 0 Å². The first kappa shape index (κ1) is 27.0. The predicted octanol–water partition coefficient (Wildman–Crippen LogP) is 3.46. The van der Waals surface area contributed by atoms with Gasteiger partial charge in [-0.2, -0.15) is 0 Å². The number of aromatic amines is 2. The van der Waals surface area contributed by atoms with Crippen LogP contribution in [0, 0.1) is 13.8 Å². The van der Waals surface area contributed by atoms with Crippen LogP contribution in [-0.4, -0.2) is 64.8 Å². The highest BCUT2D eigenvalue weighted by molar-refractivity contribution is 6.33. The molecule has 0 radical (unpaired) electrons. The van der Waals surface area contributed by atoms with Crippen molar-refractivity contribution in [2.45, 2.75) is 39.8 Å². The summed E-state index contributed by atoms with van der Waals surface area (Å²) in [4.78, 5) is 48.1. The number of halogens is 1. The molecule has 0 fully saturated rings. The van der Waals surface area contributed by atoms with Gasteiger partial charge in [-0.3, -0.25) is 14.4 Å². The minimum Gasteiger partial charge on any atom is -0.469 e. The number of methoxy groups -OCH3 is 1. The number of imidazole rings is 1. The number of nitrogens with one attached hydrogen (secondary N) is 2. The molecular formula is C25H30ClN5O5. The number of amides is 1. The number of likely N-dealkylation sites (N-methyl/N-ethyl adjacent to an activating group) is 1. The summed E-state index contributed by atoms with van der Waals surface area (Å²) in [5.74, 6) is -0.0267. The van der Waals surface area contributed by atoms with E-state index in [-0.39, 0.29) is 37.3 Å². The molecule has 10 nitrogen and oxygen atoms in total. The molecule has 0 aliphatic carbocycles. The van der Waals surface area contributed by atoms with Crippen LogP contribution in [0.4, 0.5) is 5.69 Å². The monoisotopic (exact) mass is 515 g/mol. The van der Waals surface area contributed by atoms with E-state index in [1.54, 1.807) is 32.2 Å². The lowest BCUT2D eigenvalue weighted by Gasteiger charge is -2.24. The zero-order chi connectivity index (χ0) is 26.6. The number of nitrogens with two attached hydrogens (primary N) is 1. The lowest BCUT2D eigenvalue weighted by Crippen LogP contribution is -2.38. The molecule has 192 valence electrons. The number of aryl methyl sites for hydroxylation is 2. The molecule has 0 spiro atoms. The Morgan fingerprint density at radius 2 is 1.97 bits per heavy atom. The van der Waals surface area contributed by atoms with Gasteiger partial charge in [-0.05, 0) is 44.5 Å². The lowest BCUT2D eigenvalue weighted by molar-refractivity contribution is -0.139. The van der Waals surface area contributed by atoms with Crippen LogP contribution in [0.3, 0.4) is 0 Å². The second-order valence-corrected chi connectivity index (χ2v) is 9.01. The number of aldehydes is 1.